The van der Waals surface area contributed by atoms with Crippen molar-refractivity contribution in [2.45, 2.75) is 13.0 Å². The van der Waals surface area contributed by atoms with Gasteiger partial charge in [0.05, 0.1) is 12.6 Å². The normalized spacial score (nSPS) is 20.2. The van der Waals surface area contributed by atoms with E-state index < -0.39 is 17.9 Å². The molecule has 1 N–H and O–H groups in total. The zero-order chi connectivity index (χ0) is 15.7. The summed E-state index contributed by atoms with van der Waals surface area (Å²) in [6.07, 6.45) is 1.37. The molecule has 0 amide bonds. The van der Waals surface area contributed by atoms with Crippen molar-refractivity contribution in [1.82, 2.24) is 14.8 Å². The molecule has 0 saturated heterocycles. The third-order valence-electron chi connectivity index (χ3n) is 3.53. The van der Waals surface area contributed by atoms with Gasteiger partial charge in [0.2, 0.25) is 5.95 Å². The Morgan fingerprint density at radius 3 is 3.09 bits per heavy atom. The minimum absolute atomic E-state index is 0.253. The van der Waals surface area contributed by atoms with E-state index in [0.717, 1.165) is 0 Å². The highest BCUT2D eigenvalue weighted by Crippen LogP contribution is 2.37. The van der Waals surface area contributed by atoms with Crippen LogP contribution in [0.1, 0.15) is 18.5 Å². The molecule has 3 rings (SSSR count). The molecule has 2 aromatic rings. The van der Waals surface area contributed by atoms with Gasteiger partial charge in [0, 0.05) is 5.70 Å². The quantitative estimate of drug-likeness (QED) is 0.880. The summed E-state index contributed by atoms with van der Waals surface area (Å²) >= 11 is 0. The first kappa shape index (κ1) is 14.2. The van der Waals surface area contributed by atoms with Gasteiger partial charge < -0.3 is 10.1 Å². The summed E-state index contributed by atoms with van der Waals surface area (Å²) < 4.78 is 20.3. The number of nitrogens with one attached hydrogen (secondary N) is 1. The first-order chi connectivity index (χ1) is 10.6. The van der Waals surface area contributed by atoms with E-state index in [9.17, 15) is 9.18 Å². The van der Waals surface area contributed by atoms with Crippen molar-refractivity contribution < 1.29 is 13.9 Å². The molecule has 2 atom stereocenters. The van der Waals surface area contributed by atoms with Gasteiger partial charge in [-0.15, -0.1) is 0 Å². The number of fused-ring (bicyclic) bond motifs is 1. The number of carbonyl (C=O) groups excluding carboxylic acids is 1. The first-order valence-corrected chi connectivity index (χ1v) is 6.89. The largest absolute Gasteiger partial charge is 0.465 e. The maximum absolute atomic E-state index is 13.6. The van der Waals surface area contributed by atoms with Crippen molar-refractivity contribution in [3.8, 4) is 0 Å². The molecule has 1 aliphatic rings. The molecule has 0 bridgehead atoms. The summed E-state index contributed by atoms with van der Waals surface area (Å²) in [5.41, 5.74) is 1.06. The molecule has 1 aromatic heterocycles. The Morgan fingerprint density at radius 2 is 2.36 bits per heavy atom. The van der Waals surface area contributed by atoms with Crippen molar-refractivity contribution in [1.29, 1.82) is 0 Å². The van der Waals surface area contributed by atoms with Crippen molar-refractivity contribution in [2.24, 2.45) is 5.92 Å². The van der Waals surface area contributed by atoms with Crippen LogP contribution in [0.15, 0.2) is 42.9 Å². The molecule has 0 spiro atoms. The summed E-state index contributed by atoms with van der Waals surface area (Å²) in [6, 6.07) is 5.50. The number of anilines is 1. The number of rotatable bonds is 3. The van der Waals surface area contributed by atoms with E-state index in [2.05, 4.69) is 22.0 Å². The topological polar surface area (TPSA) is 69.0 Å². The van der Waals surface area contributed by atoms with Crippen LogP contribution in [-0.2, 0) is 9.53 Å². The van der Waals surface area contributed by atoms with Crippen molar-refractivity contribution in [3.05, 3.63) is 54.2 Å². The van der Waals surface area contributed by atoms with Gasteiger partial charge in [-0.05, 0) is 24.6 Å². The van der Waals surface area contributed by atoms with Gasteiger partial charge in [-0.25, -0.2) is 9.07 Å². The van der Waals surface area contributed by atoms with Gasteiger partial charge in [-0.3, -0.25) is 4.79 Å². The average molecular weight is 302 g/mol. The van der Waals surface area contributed by atoms with Crippen LogP contribution in [0.4, 0.5) is 10.3 Å². The van der Waals surface area contributed by atoms with Gasteiger partial charge in [0.15, 0.2) is 0 Å². The average Bonchev–Trinajstić information content (AvgIpc) is 2.93. The molecule has 0 aliphatic carbocycles. The third kappa shape index (κ3) is 2.34. The van der Waals surface area contributed by atoms with E-state index in [1.165, 1.54) is 18.5 Å². The molecule has 1 aromatic carbocycles. The molecule has 0 unspecified atom stereocenters. The monoisotopic (exact) mass is 302 g/mol. The Kier molecular flexibility index (Phi) is 3.62. The van der Waals surface area contributed by atoms with Gasteiger partial charge >= 0.3 is 5.97 Å². The third-order valence-corrected chi connectivity index (χ3v) is 3.53. The summed E-state index contributed by atoms with van der Waals surface area (Å²) in [5, 5.41) is 7.09. The maximum Gasteiger partial charge on any atom is 0.317 e. The van der Waals surface area contributed by atoms with Crippen LogP contribution < -0.4 is 5.32 Å². The molecular weight excluding hydrogens is 287 g/mol. The maximum atomic E-state index is 13.6. The van der Waals surface area contributed by atoms with Crippen LogP contribution >= 0.6 is 0 Å². The zero-order valence-corrected chi connectivity index (χ0v) is 12.0. The lowest BCUT2D eigenvalue weighted by molar-refractivity contribution is -0.147. The second-order valence-corrected chi connectivity index (χ2v) is 4.91. The molecule has 0 saturated carbocycles. The van der Waals surface area contributed by atoms with Crippen LogP contribution in [-0.4, -0.2) is 27.3 Å². The summed E-state index contributed by atoms with van der Waals surface area (Å²) in [5.74, 6) is -1.07. The van der Waals surface area contributed by atoms with Crippen LogP contribution in [0, 0.1) is 11.7 Å². The molecule has 7 heteroatoms. The number of aromatic nitrogens is 3. The minimum atomic E-state index is -0.712. The lowest BCUT2D eigenvalue weighted by Crippen LogP contribution is -2.37. The predicted octanol–water partition coefficient (Wildman–Crippen LogP) is 2.13. The summed E-state index contributed by atoms with van der Waals surface area (Å²) in [6.45, 7) is 5.87. The van der Waals surface area contributed by atoms with E-state index >= 15 is 0 Å². The highest BCUT2D eigenvalue weighted by molar-refractivity contribution is 5.79. The fourth-order valence-corrected chi connectivity index (χ4v) is 2.62. The Hall–Kier alpha value is -2.70. The van der Waals surface area contributed by atoms with Crippen molar-refractivity contribution in [2.75, 3.05) is 11.9 Å². The highest BCUT2D eigenvalue weighted by atomic mass is 19.1. The molecule has 1 aliphatic heterocycles. The van der Waals surface area contributed by atoms with E-state index in [4.69, 9.17) is 4.74 Å². The smallest absolute Gasteiger partial charge is 0.317 e. The molecular formula is C15H15FN4O2. The van der Waals surface area contributed by atoms with Crippen molar-refractivity contribution in [3.63, 3.8) is 0 Å². The fraction of sp³-hybridized carbons (Fsp3) is 0.267. The van der Waals surface area contributed by atoms with E-state index in [1.54, 1.807) is 23.7 Å². The number of hydrogen-bond acceptors (Lipinski definition) is 5. The number of hydrogen-bond donors (Lipinski definition) is 1. The van der Waals surface area contributed by atoms with Crippen LogP contribution in [0.2, 0.25) is 0 Å². The number of halogens is 1. The van der Waals surface area contributed by atoms with E-state index in [-0.39, 0.29) is 12.4 Å². The van der Waals surface area contributed by atoms with E-state index in [0.29, 0.717) is 17.2 Å². The number of nitrogens with zero attached hydrogens (tertiary/aromatic N) is 3. The minimum Gasteiger partial charge on any atom is -0.465 e. The van der Waals surface area contributed by atoms with Gasteiger partial charge in [-0.1, -0.05) is 18.7 Å². The lowest BCUT2D eigenvalue weighted by Gasteiger charge is -2.33. The number of benzene rings is 1. The van der Waals surface area contributed by atoms with Gasteiger partial charge in [-0.2, -0.15) is 10.1 Å². The second kappa shape index (κ2) is 5.59. The summed E-state index contributed by atoms with van der Waals surface area (Å²) in [4.78, 5) is 16.4. The summed E-state index contributed by atoms with van der Waals surface area (Å²) in [7, 11) is 0. The molecule has 22 heavy (non-hydrogen) atoms. The van der Waals surface area contributed by atoms with Gasteiger partial charge in [0.1, 0.15) is 18.1 Å². The predicted molar refractivity (Wildman–Crippen MR) is 77.4 cm³/mol. The molecule has 2 heterocycles. The van der Waals surface area contributed by atoms with E-state index in [1.807, 2.05) is 0 Å². The van der Waals surface area contributed by atoms with Crippen molar-refractivity contribution >= 4 is 11.9 Å². The standard InChI is InChI=1S/C15H15FN4O2/c1-3-22-14(21)12-9(2)19-15-17-8-18-20(15)13(12)10-5-4-6-11(16)7-10/h4-8,12-13H,2-3H2,1H3,(H,17,18,19)/t12-,13-/m1/s1. The Labute approximate surface area is 126 Å². The number of carbonyl (C=O) groups is 1. The lowest BCUT2D eigenvalue weighted by atomic mass is 9.89. The SMILES string of the molecule is C=C1Nc2ncnn2[C@H](c2cccc(F)c2)[C@@H]1C(=O)OCC. The van der Waals surface area contributed by atoms with Crippen LogP contribution in [0.3, 0.4) is 0 Å². The Morgan fingerprint density at radius 1 is 1.55 bits per heavy atom. The Bertz CT molecular complexity index is 728. The number of ether oxygens (including phenoxy) is 1. The molecule has 6 nitrogen and oxygen atoms in total. The Balaban J connectivity index is 2.11. The first-order valence-electron chi connectivity index (χ1n) is 6.89. The molecule has 0 radical (unpaired) electrons. The zero-order valence-electron chi connectivity index (χ0n) is 12.0. The molecule has 0 fully saturated rings. The van der Waals surface area contributed by atoms with Crippen LogP contribution in [0.5, 0.6) is 0 Å². The number of esters is 1. The highest BCUT2D eigenvalue weighted by Gasteiger charge is 2.40. The fourth-order valence-electron chi connectivity index (χ4n) is 2.62. The second-order valence-electron chi connectivity index (χ2n) is 4.91. The van der Waals surface area contributed by atoms with Crippen LogP contribution in [0.25, 0.3) is 0 Å². The molecule has 114 valence electrons. The van der Waals surface area contributed by atoms with Gasteiger partial charge in [0.25, 0.3) is 0 Å².